The van der Waals surface area contributed by atoms with Crippen LogP contribution in [0, 0.1) is 11.8 Å². The molecule has 1 heterocycles. The van der Waals surface area contributed by atoms with Crippen molar-refractivity contribution in [2.45, 2.75) is 13.8 Å². The van der Waals surface area contributed by atoms with E-state index in [1.807, 2.05) is 6.92 Å². The number of carbonyl (C=O) groups is 2. The number of nitrogens with one attached hydrogen (secondary N) is 2. The van der Waals surface area contributed by atoms with Gasteiger partial charge in [-0.2, -0.15) is 0 Å². The normalized spacial score (nSPS) is 15.3. The molecule has 116 valence electrons. The number of hydrogen-bond acceptors (Lipinski definition) is 4. The first kappa shape index (κ1) is 17.5. The van der Waals surface area contributed by atoms with E-state index in [0.29, 0.717) is 23.8 Å². The van der Waals surface area contributed by atoms with E-state index in [2.05, 4.69) is 10.6 Å². The largest absolute Gasteiger partial charge is 0.462 e. The van der Waals surface area contributed by atoms with Gasteiger partial charge in [-0.1, -0.05) is 13.0 Å². The molecule has 1 aromatic rings. The second kappa shape index (κ2) is 8.00. The third-order valence-electron chi connectivity index (χ3n) is 3.57. The summed E-state index contributed by atoms with van der Waals surface area (Å²) in [5.74, 6) is -0.0388. The fraction of sp³-hybridized carbons (Fsp3) is 0.467. The van der Waals surface area contributed by atoms with Crippen molar-refractivity contribution in [3.63, 3.8) is 0 Å². The van der Waals surface area contributed by atoms with Crippen LogP contribution in [0.1, 0.15) is 24.2 Å². The van der Waals surface area contributed by atoms with Gasteiger partial charge in [0.15, 0.2) is 0 Å². The number of hydrogen-bond donors (Lipinski definition) is 2. The average molecular weight is 313 g/mol. The van der Waals surface area contributed by atoms with Crippen LogP contribution in [0.3, 0.4) is 0 Å². The summed E-state index contributed by atoms with van der Waals surface area (Å²) >= 11 is 0. The smallest absolute Gasteiger partial charge is 0.338 e. The number of ether oxygens (including phenoxy) is 1. The molecule has 0 spiro atoms. The van der Waals surface area contributed by atoms with Crippen molar-refractivity contribution in [3.8, 4) is 0 Å². The average Bonchev–Trinajstić information content (AvgIpc) is 2.37. The summed E-state index contributed by atoms with van der Waals surface area (Å²) in [6.07, 6.45) is 0. The van der Waals surface area contributed by atoms with E-state index < -0.39 is 0 Å². The van der Waals surface area contributed by atoms with Gasteiger partial charge < -0.3 is 15.4 Å². The van der Waals surface area contributed by atoms with Crippen molar-refractivity contribution < 1.29 is 14.3 Å². The van der Waals surface area contributed by atoms with Crippen molar-refractivity contribution in [2.75, 3.05) is 25.0 Å². The van der Waals surface area contributed by atoms with Crippen molar-refractivity contribution in [2.24, 2.45) is 11.8 Å². The zero-order valence-corrected chi connectivity index (χ0v) is 13.0. The molecule has 1 atom stereocenters. The molecule has 1 fully saturated rings. The highest BCUT2D eigenvalue weighted by atomic mass is 35.5. The lowest BCUT2D eigenvalue weighted by Gasteiger charge is -2.31. The minimum absolute atomic E-state index is 0. The van der Waals surface area contributed by atoms with Gasteiger partial charge in [0, 0.05) is 11.6 Å². The van der Waals surface area contributed by atoms with Crippen LogP contribution in [0.25, 0.3) is 0 Å². The molecule has 0 aromatic heterocycles. The predicted octanol–water partition coefficient (Wildman–Crippen LogP) is 2.08. The fourth-order valence-corrected chi connectivity index (χ4v) is 2.07. The number of carbonyl (C=O) groups excluding carboxylic acids is 2. The maximum atomic E-state index is 12.1. The Bertz CT molecular complexity index is 503. The van der Waals surface area contributed by atoms with Crippen molar-refractivity contribution in [1.82, 2.24) is 5.32 Å². The minimum atomic E-state index is -0.375. The highest BCUT2D eigenvalue weighted by molar-refractivity contribution is 5.95. The van der Waals surface area contributed by atoms with Gasteiger partial charge in [0.05, 0.1) is 12.2 Å². The van der Waals surface area contributed by atoms with E-state index in [-0.39, 0.29) is 30.2 Å². The summed E-state index contributed by atoms with van der Waals surface area (Å²) in [4.78, 5) is 23.7. The lowest BCUT2D eigenvalue weighted by atomic mass is 9.88. The topological polar surface area (TPSA) is 67.4 Å². The first-order valence-electron chi connectivity index (χ1n) is 6.90. The third-order valence-corrected chi connectivity index (χ3v) is 3.57. The third kappa shape index (κ3) is 4.44. The molecule has 1 saturated heterocycles. The maximum absolute atomic E-state index is 12.1. The summed E-state index contributed by atoms with van der Waals surface area (Å²) in [5.41, 5.74) is 1.07. The number of esters is 1. The Kier molecular flexibility index (Phi) is 6.65. The molecule has 0 bridgehead atoms. The zero-order chi connectivity index (χ0) is 14.5. The monoisotopic (exact) mass is 312 g/mol. The Morgan fingerprint density at radius 1 is 1.43 bits per heavy atom. The second-order valence-corrected chi connectivity index (χ2v) is 5.00. The number of amides is 1. The van der Waals surface area contributed by atoms with Crippen LogP contribution in [-0.4, -0.2) is 31.6 Å². The van der Waals surface area contributed by atoms with E-state index in [9.17, 15) is 9.59 Å². The van der Waals surface area contributed by atoms with Crippen LogP contribution < -0.4 is 10.6 Å². The standard InChI is InChI=1S/C15H20N2O3.ClH/c1-3-20-15(19)11-5-4-6-13(7-11)17-14(18)10(2)12-8-16-9-12;/h4-7,10,12,16H,3,8-9H2,1-2H3,(H,17,18);1H. The van der Waals surface area contributed by atoms with Crippen LogP contribution in [0.2, 0.25) is 0 Å². The SMILES string of the molecule is CCOC(=O)c1cccc(NC(=O)C(C)C2CNC2)c1.Cl. The molecule has 1 aromatic carbocycles. The Morgan fingerprint density at radius 2 is 2.14 bits per heavy atom. The Balaban J connectivity index is 0.00000220. The lowest BCUT2D eigenvalue weighted by molar-refractivity contribution is -0.121. The molecule has 1 unspecified atom stereocenters. The zero-order valence-electron chi connectivity index (χ0n) is 12.2. The number of rotatable bonds is 5. The molecule has 2 rings (SSSR count). The van der Waals surface area contributed by atoms with Crippen LogP contribution in [0.15, 0.2) is 24.3 Å². The second-order valence-electron chi connectivity index (χ2n) is 5.00. The Hall–Kier alpha value is -1.59. The van der Waals surface area contributed by atoms with Gasteiger partial charge in [0.1, 0.15) is 0 Å². The van der Waals surface area contributed by atoms with Crippen LogP contribution in [-0.2, 0) is 9.53 Å². The van der Waals surface area contributed by atoms with E-state index in [1.165, 1.54) is 0 Å². The summed E-state index contributed by atoms with van der Waals surface area (Å²) in [5, 5.41) is 6.01. The molecule has 6 heteroatoms. The molecule has 0 aliphatic carbocycles. The van der Waals surface area contributed by atoms with E-state index in [1.54, 1.807) is 31.2 Å². The van der Waals surface area contributed by atoms with Crippen LogP contribution >= 0.6 is 12.4 Å². The van der Waals surface area contributed by atoms with Crippen LogP contribution in [0.4, 0.5) is 5.69 Å². The van der Waals surface area contributed by atoms with Gasteiger partial charge in [-0.3, -0.25) is 4.79 Å². The molecule has 2 N–H and O–H groups in total. The Labute approximate surface area is 130 Å². The highest BCUT2D eigenvalue weighted by Crippen LogP contribution is 2.19. The molecular weight excluding hydrogens is 292 g/mol. The van der Waals surface area contributed by atoms with Gasteiger partial charge in [-0.05, 0) is 44.1 Å². The number of benzene rings is 1. The molecule has 0 radical (unpaired) electrons. The van der Waals surface area contributed by atoms with Gasteiger partial charge in [-0.25, -0.2) is 4.79 Å². The van der Waals surface area contributed by atoms with Gasteiger partial charge in [-0.15, -0.1) is 12.4 Å². The van der Waals surface area contributed by atoms with Gasteiger partial charge in [0.2, 0.25) is 5.91 Å². The molecule has 0 saturated carbocycles. The quantitative estimate of drug-likeness (QED) is 0.817. The molecule has 1 aliphatic rings. The number of halogens is 1. The molecule has 5 nitrogen and oxygen atoms in total. The summed E-state index contributed by atoms with van der Waals surface area (Å²) in [6, 6.07) is 6.82. The number of anilines is 1. The summed E-state index contributed by atoms with van der Waals surface area (Å²) in [6.45, 7) is 5.80. The molecule has 21 heavy (non-hydrogen) atoms. The van der Waals surface area contributed by atoms with Crippen molar-refractivity contribution in [1.29, 1.82) is 0 Å². The first-order valence-corrected chi connectivity index (χ1v) is 6.90. The van der Waals surface area contributed by atoms with Gasteiger partial charge >= 0.3 is 5.97 Å². The van der Waals surface area contributed by atoms with E-state index in [4.69, 9.17) is 4.74 Å². The van der Waals surface area contributed by atoms with Gasteiger partial charge in [0.25, 0.3) is 0 Å². The van der Waals surface area contributed by atoms with Crippen LogP contribution in [0.5, 0.6) is 0 Å². The van der Waals surface area contributed by atoms with Crippen molar-refractivity contribution >= 4 is 30.0 Å². The molecule has 1 aliphatic heterocycles. The predicted molar refractivity (Wildman–Crippen MR) is 83.8 cm³/mol. The van der Waals surface area contributed by atoms with Crippen molar-refractivity contribution in [3.05, 3.63) is 29.8 Å². The Morgan fingerprint density at radius 3 is 2.71 bits per heavy atom. The molecular formula is C15H21ClN2O3. The minimum Gasteiger partial charge on any atom is -0.462 e. The first-order chi connectivity index (χ1) is 9.61. The summed E-state index contributed by atoms with van der Waals surface area (Å²) in [7, 11) is 0. The van der Waals surface area contributed by atoms with E-state index >= 15 is 0 Å². The maximum Gasteiger partial charge on any atom is 0.338 e. The lowest BCUT2D eigenvalue weighted by Crippen LogP contribution is -2.48. The highest BCUT2D eigenvalue weighted by Gasteiger charge is 2.28. The summed E-state index contributed by atoms with van der Waals surface area (Å²) < 4.78 is 4.94. The van der Waals surface area contributed by atoms with E-state index in [0.717, 1.165) is 13.1 Å². The fourth-order valence-electron chi connectivity index (χ4n) is 2.07. The molecule has 1 amide bonds.